The van der Waals surface area contributed by atoms with Crippen molar-refractivity contribution in [3.63, 3.8) is 0 Å². The minimum atomic E-state index is -0.193. The van der Waals surface area contributed by atoms with E-state index in [9.17, 15) is 4.79 Å². The Kier molecular flexibility index (Phi) is 4.87. The number of piperidine rings is 1. The smallest absolute Gasteiger partial charge is 0.409 e. The number of ether oxygens (including phenoxy) is 1. The van der Waals surface area contributed by atoms with E-state index in [4.69, 9.17) is 4.74 Å². The number of likely N-dealkylation sites (tertiary alicyclic amines) is 1. The molecule has 0 aliphatic carbocycles. The molecule has 1 amide bonds. The summed E-state index contributed by atoms with van der Waals surface area (Å²) in [5.74, 6) is 0. The zero-order chi connectivity index (χ0) is 14.5. The van der Waals surface area contributed by atoms with E-state index in [1.807, 2.05) is 24.9 Å². The predicted molar refractivity (Wildman–Crippen MR) is 77.8 cm³/mol. The van der Waals surface area contributed by atoms with Gasteiger partial charge in [-0.3, -0.25) is 4.68 Å². The molecule has 1 aromatic rings. The van der Waals surface area contributed by atoms with Gasteiger partial charge in [-0.15, -0.1) is 0 Å². The van der Waals surface area contributed by atoms with E-state index in [2.05, 4.69) is 17.3 Å². The third-order valence-corrected chi connectivity index (χ3v) is 3.62. The Balaban J connectivity index is 1.86. The summed E-state index contributed by atoms with van der Waals surface area (Å²) < 4.78 is 6.87. The Labute approximate surface area is 120 Å². The first kappa shape index (κ1) is 14.7. The van der Waals surface area contributed by atoms with Crippen LogP contribution in [-0.2, 0) is 18.2 Å². The summed E-state index contributed by atoms with van der Waals surface area (Å²) in [5.41, 5.74) is 2.21. The van der Waals surface area contributed by atoms with Crippen molar-refractivity contribution in [2.75, 3.05) is 25.0 Å². The fourth-order valence-electron chi connectivity index (χ4n) is 2.56. The van der Waals surface area contributed by atoms with Crippen LogP contribution in [0.4, 0.5) is 10.5 Å². The average Bonchev–Trinajstić information content (AvgIpc) is 2.80. The number of aryl methyl sites for hydroxylation is 2. The number of rotatable bonds is 4. The second-order valence-electron chi connectivity index (χ2n) is 5.12. The van der Waals surface area contributed by atoms with Gasteiger partial charge in [0.1, 0.15) is 0 Å². The minimum absolute atomic E-state index is 0.193. The van der Waals surface area contributed by atoms with Crippen LogP contribution in [0.3, 0.4) is 0 Å². The molecule has 1 aliphatic rings. The summed E-state index contributed by atoms with van der Waals surface area (Å²) in [4.78, 5) is 13.4. The zero-order valence-corrected chi connectivity index (χ0v) is 12.6. The predicted octanol–water partition coefficient (Wildman–Crippen LogP) is 2.02. The molecule has 0 unspecified atom stereocenters. The lowest BCUT2D eigenvalue weighted by Gasteiger charge is -2.32. The van der Waals surface area contributed by atoms with E-state index in [1.54, 1.807) is 4.90 Å². The molecule has 1 N–H and O–H groups in total. The zero-order valence-electron chi connectivity index (χ0n) is 12.6. The normalized spacial score (nSPS) is 16.2. The molecule has 20 heavy (non-hydrogen) atoms. The molecule has 0 saturated carbocycles. The maximum absolute atomic E-state index is 11.6. The van der Waals surface area contributed by atoms with Gasteiger partial charge in [0.05, 0.1) is 18.0 Å². The summed E-state index contributed by atoms with van der Waals surface area (Å²) in [7, 11) is 1.94. The second kappa shape index (κ2) is 6.63. The van der Waals surface area contributed by atoms with Gasteiger partial charge in [-0.25, -0.2) is 4.79 Å². The lowest BCUT2D eigenvalue weighted by molar-refractivity contribution is 0.0983. The van der Waals surface area contributed by atoms with Crippen LogP contribution in [0.1, 0.15) is 32.4 Å². The number of hydrogen-bond acceptors (Lipinski definition) is 4. The number of hydrogen-bond donors (Lipinski definition) is 1. The number of aromatic nitrogens is 2. The van der Waals surface area contributed by atoms with Crippen molar-refractivity contribution in [2.24, 2.45) is 7.05 Å². The lowest BCUT2D eigenvalue weighted by atomic mass is 10.0. The molecule has 0 spiro atoms. The summed E-state index contributed by atoms with van der Waals surface area (Å²) in [6.07, 6.45) is 4.64. The van der Waals surface area contributed by atoms with E-state index in [0.29, 0.717) is 12.6 Å². The molecule has 2 rings (SSSR count). The van der Waals surface area contributed by atoms with E-state index in [-0.39, 0.29) is 6.09 Å². The Morgan fingerprint density at radius 2 is 2.15 bits per heavy atom. The molecule has 1 aromatic heterocycles. The first-order valence-corrected chi connectivity index (χ1v) is 7.34. The number of nitrogens with one attached hydrogen (secondary N) is 1. The molecule has 0 radical (unpaired) electrons. The van der Waals surface area contributed by atoms with Crippen LogP contribution in [0, 0.1) is 0 Å². The third-order valence-electron chi connectivity index (χ3n) is 3.62. The van der Waals surface area contributed by atoms with Crippen LogP contribution < -0.4 is 5.32 Å². The Hall–Kier alpha value is -1.72. The molecule has 1 saturated heterocycles. The number of carbonyl (C=O) groups excluding carboxylic acids is 1. The highest BCUT2D eigenvalue weighted by molar-refractivity contribution is 5.67. The quantitative estimate of drug-likeness (QED) is 0.916. The summed E-state index contributed by atoms with van der Waals surface area (Å²) in [5, 5.41) is 7.98. The Morgan fingerprint density at radius 1 is 1.45 bits per heavy atom. The van der Waals surface area contributed by atoms with Crippen LogP contribution in [-0.4, -0.2) is 46.5 Å². The van der Waals surface area contributed by atoms with Crippen LogP contribution in [0.2, 0.25) is 0 Å². The van der Waals surface area contributed by atoms with Crippen molar-refractivity contribution >= 4 is 11.8 Å². The fourth-order valence-corrected chi connectivity index (χ4v) is 2.56. The van der Waals surface area contributed by atoms with Gasteiger partial charge in [-0.05, 0) is 26.2 Å². The largest absolute Gasteiger partial charge is 0.450 e. The average molecular weight is 280 g/mol. The SMILES string of the molecule is CCOC(=O)N1CCC(Nc2cn(C)nc2CC)CC1. The molecule has 1 fully saturated rings. The number of anilines is 1. The highest BCUT2D eigenvalue weighted by Gasteiger charge is 2.24. The van der Waals surface area contributed by atoms with Crippen molar-refractivity contribution in [3.05, 3.63) is 11.9 Å². The van der Waals surface area contributed by atoms with E-state index < -0.39 is 0 Å². The van der Waals surface area contributed by atoms with Crippen molar-refractivity contribution in [1.29, 1.82) is 0 Å². The van der Waals surface area contributed by atoms with Crippen LogP contribution in [0.5, 0.6) is 0 Å². The first-order chi connectivity index (χ1) is 9.63. The topological polar surface area (TPSA) is 59.4 Å². The van der Waals surface area contributed by atoms with Crippen molar-refractivity contribution in [3.8, 4) is 0 Å². The lowest BCUT2D eigenvalue weighted by Crippen LogP contribution is -2.42. The molecule has 6 nitrogen and oxygen atoms in total. The number of carbonyl (C=O) groups is 1. The van der Waals surface area contributed by atoms with Gasteiger partial charge in [0.2, 0.25) is 0 Å². The maximum Gasteiger partial charge on any atom is 0.409 e. The fraction of sp³-hybridized carbons (Fsp3) is 0.714. The maximum atomic E-state index is 11.6. The van der Waals surface area contributed by atoms with Gasteiger partial charge in [0.15, 0.2) is 0 Å². The van der Waals surface area contributed by atoms with Gasteiger partial charge >= 0.3 is 6.09 Å². The highest BCUT2D eigenvalue weighted by Crippen LogP contribution is 2.20. The standard InChI is InChI=1S/C14H24N4O2/c1-4-12-13(10-17(3)16-12)15-11-6-8-18(9-7-11)14(19)20-5-2/h10-11,15H,4-9H2,1-3H3. The second-order valence-corrected chi connectivity index (χ2v) is 5.12. The molecule has 0 atom stereocenters. The Bertz CT molecular complexity index is 450. The van der Waals surface area contributed by atoms with Gasteiger partial charge in [0.25, 0.3) is 0 Å². The van der Waals surface area contributed by atoms with Gasteiger partial charge in [-0.1, -0.05) is 6.92 Å². The molecule has 0 bridgehead atoms. The molecular formula is C14H24N4O2. The Morgan fingerprint density at radius 3 is 2.75 bits per heavy atom. The first-order valence-electron chi connectivity index (χ1n) is 7.34. The van der Waals surface area contributed by atoms with Gasteiger partial charge in [-0.2, -0.15) is 5.10 Å². The molecular weight excluding hydrogens is 256 g/mol. The third kappa shape index (κ3) is 3.43. The van der Waals surface area contributed by atoms with Gasteiger partial charge < -0.3 is 15.0 Å². The van der Waals surface area contributed by atoms with Crippen LogP contribution in [0.25, 0.3) is 0 Å². The molecule has 6 heteroatoms. The minimum Gasteiger partial charge on any atom is -0.450 e. The molecule has 112 valence electrons. The van der Waals surface area contributed by atoms with Crippen molar-refractivity contribution in [2.45, 2.75) is 39.2 Å². The van der Waals surface area contributed by atoms with Crippen LogP contribution >= 0.6 is 0 Å². The highest BCUT2D eigenvalue weighted by atomic mass is 16.6. The summed E-state index contributed by atoms with van der Waals surface area (Å²) in [6.45, 7) is 5.88. The van der Waals surface area contributed by atoms with Gasteiger partial charge in [0, 0.05) is 32.4 Å². The summed E-state index contributed by atoms with van der Waals surface area (Å²) >= 11 is 0. The molecule has 1 aliphatic heterocycles. The van der Waals surface area contributed by atoms with Crippen molar-refractivity contribution in [1.82, 2.24) is 14.7 Å². The monoisotopic (exact) mass is 280 g/mol. The summed E-state index contributed by atoms with van der Waals surface area (Å²) in [6, 6.07) is 0.398. The number of amides is 1. The number of nitrogens with zero attached hydrogens (tertiary/aromatic N) is 3. The molecule has 2 heterocycles. The van der Waals surface area contributed by atoms with E-state index in [0.717, 1.165) is 43.7 Å². The molecule has 0 aromatic carbocycles. The van der Waals surface area contributed by atoms with E-state index in [1.165, 1.54) is 0 Å². The van der Waals surface area contributed by atoms with Crippen molar-refractivity contribution < 1.29 is 9.53 Å². The van der Waals surface area contributed by atoms with Crippen LogP contribution in [0.15, 0.2) is 6.20 Å². The van der Waals surface area contributed by atoms with E-state index >= 15 is 0 Å².